The van der Waals surface area contributed by atoms with E-state index in [-0.39, 0.29) is 6.61 Å². The molecule has 142 valence electrons. The van der Waals surface area contributed by atoms with Gasteiger partial charge in [-0.1, -0.05) is 15.9 Å². The number of aliphatic hydroxyl groups is 1. The van der Waals surface area contributed by atoms with Gasteiger partial charge >= 0.3 is 0 Å². The van der Waals surface area contributed by atoms with Gasteiger partial charge in [-0.05, 0) is 37.0 Å². The Hall–Kier alpha value is -1.28. The summed E-state index contributed by atoms with van der Waals surface area (Å²) in [6, 6.07) is 6.20. The van der Waals surface area contributed by atoms with Gasteiger partial charge in [0.05, 0.1) is 19.4 Å². The third-order valence-electron chi connectivity index (χ3n) is 4.19. The van der Waals surface area contributed by atoms with Crippen molar-refractivity contribution in [3.63, 3.8) is 0 Å². The van der Waals surface area contributed by atoms with Crippen LogP contribution in [0, 0.1) is 0 Å². The number of halogens is 1. The van der Waals surface area contributed by atoms with Gasteiger partial charge in [0.1, 0.15) is 6.73 Å². The van der Waals surface area contributed by atoms with Gasteiger partial charge < -0.3 is 14.4 Å². The van der Waals surface area contributed by atoms with Crippen molar-refractivity contribution >= 4 is 36.9 Å². The zero-order valence-corrected chi connectivity index (χ0v) is 17.9. The van der Waals surface area contributed by atoms with Crippen LogP contribution >= 0.6 is 26.0 Å². The Bertz CT molecular complexity index is 883. The van der Waals surface area contributed by atoms with Gasteiger partial charge in [-0.2, -0.15) is 5.10 Å². The van der Waals surface area contributed by atoms with Crippen molar-refractivity contribution in [1.29, 1.82) is 0 Å². The molecule has 0 atom stereocenters. The van der Waals surface area contributed by atoms with E-state index < -0.39 is 10.0 Å². The summed E-state index contributed by atoms with van der Waals surface area (Å²) in [6.45, 7) is 1.91. The van der Waals surface area contributed by atoms with Crippen LogP contribution in [-0.4, -0.2) is 57.2 Å². The fourth-order valence-electron chi connectivity index (χ4n) is 2.83. The van der Waals surface area contributed by atoms with Gasteiger partial charge in [0, 0.05) is 51.2 Å². The lowest BCUT2D eigenvalue weighted by atomic mass is 10.1. The average Bonchev–Trinajstić information content (AvgIpc) is 3.16. The normalized spacial score (nSPS) is 12.8. The molecule has 2 aromatic heterocycles. The number of hydrogen-bond acceptors (Lipinski definition) is 3. The number of nitrogens with zero attached hydrogens (tertiary/aromatic N) is 3. The first kappa shape index (κ1) is 19.5. The van der Waals surface area contributed by atoms with Crippen molar-refractivity contribution in [1.82, 2.24) is 14.3 Å². The lowest BCUT2D eigenvalue weighted by Crippen LogP contribution is -2.10. The van der Waals surface area contributed by atoms with Crippen molar-refractivity contribution < 1.29 is 9.84 Å². The summed E-state index contributed by atoms with van der Waals surface area (Å²) in [5.41, 5.74) is 3.27. The maximum atomic E-state index is 9.33. The zero-order chi connectivity index (χ0) is 18.7. The lowest BCUT2D eigenvalue weighted by molar-refractivity contribution is 0.0809. The molecule has 0 saturated carbocycles. The Balaban J connectivity index is 1.79. The van der Waals surface area contributed by atoms with E-state index in [1.165, 1.54) is 0 Å². The fraction of sp³-hybridized carbons (Fsp3) is 0.421. The van der Waals surface area contributed by atoms with E-state index >= 15 is 0 Å². The molecule has 26 heavy (non-hydrogen) atoms. The van der Waals surface area contributed by atoms with Gasteiger partial charge in [0.15, 0.2) is 0 Å². The highest BCUT2D eigenvalue weighted by atomic mass is 79.9. The van der Waals surface area contributed by atoms with E-state index in [0.717, 1.165) is 38.9 Å². The molecule has 0 fully saturated rings. The van der Waals surface area contributed by atoms with Crippen molar-refractivity contribution in [3.8, 4) is 11.1 Å². The lowest BCUT2D eigenvalue weighted by Gasteiger charge is -2.24. The zero-order valence-electron chi connectivity index (χ0n) is 15.5. The SMILES string of the molecule is CS(C)(C)CCOCn1cc(-c2cn(CCO)c3ccc(Br)cc23)cn1. The topological polar surface area (TPSA) is 52.2 Å². The number of hydrogen-bond donors (Lipinski definition) is 1. The van der Waals surface area contributed by atoms with Crippen LogP contribution in [0.5, 0.6) is 0 Å². The molecule has 0 aliphatic heterocycles. The molecule has 0 aliphatic carbocycles. The van der Waals surface area contributed by atoms with Gasteiger partial charge in [-0.25, -0.2) is 14.7 Å². The highest BCUT2D eigenvalue weighted by Gasteiger charge is 2.12. The van der Waals surface area contributed by atoms with E-state index in [2.05, 4.69) is 62.7 Å². The molecule has 0 radical (unpaired) electrons. The van der Waals surface area contributed by atoms with Crippen LogP contribution in [0.25, 0.3) is 22.0 Å². The first-order chi connectivity index (χ1) is 12.4. The molecule has 1 aromatic carbocycles. The molecule has 0 spiro atoms. The van der Waals surface area contributed by atoms with E-state index in [9.17, 15) is 5.11 Å². The van der Waals surface area contributed by atoms with Gasteiger partial charge in [0.2, 0.25) is 0 Å². The summed E-state index contributed by atoms with van der Waals surface area (Å²) in [4.78, 5) is 0. The van der Waals surface area contributed by atoms with Crippen molar-refractivity contribution in [3.05, 3.63) is 41.3 Å². The number of benzene rings is 1. The smallest absolute Gasteiger partial charge is 0.139 e. The first-order valence-corrected chi connectivity index (χ1v) is 12.4. The van der Waals surface area contributed by atoms with Crippen LogP contribution in [0.3, 0.4) is 0 Å². The highest BCUT2D eigenvalue weighted by molar-refractivity contribution is 9.10. The van der Waals surface area contributed by atoms with Gasteiger partial charge in [-0.15, -0.1) is 0 Å². The van der Waals surface area contributed by atoms with Gasteiger partial charge in [-0.3, -0.25) is 0 Å². The summed E-state index contributed by atoms with van der Waals surface area (Å²) >= 11 is 3.55. The molecule has 0 bridgehead atoms. The third-order valence-corrected chi connectivity index (χ3v) is 6.08. The molecule has 0 amide bonds. The maximum absolute atomic E-state index is 9.33. The van der Waals surface area contributed by atoms with Crippen molar-refractivity contribution in [2.45, 2.75) is 13.3 Å². The van der Waals surface area contributed by atoms with E-state index in [4.69, 9.17) is 4.74 Å². The van der Waals surface area contributed by atoms with Crippen molar-refractivity contribution in [2.75, 3.05) is 37.7 Å². The summed E-state index contributed by atoms with van der Waals surface area (Å²) in [5.74, 6) is 1.10. The number of rotatable bonds is 8. The van der Waals surface area contributed by atoms with E-state index in [0.29, 0.717) is 13.3 Å². The summed E-state index contributed by atoms with van der Waals surface area (Å²) in [7, 11) is -0.530. The van der Waals surface area contributed by atoms with Gasteiger partial charge in [0.25, 0.3) is 0 Å². The largest absolute Gasteiger partial charge is 0.395 e. The Morgan fingerprint density at radius 2 is 2.04 bits per heavy atom. The van der Waals surface area contributed by atoms with Crippen LogP contribution < -0.4 is 0 Å². The molecular formula is C19H26BrN3O2S. The second kappa shape index (κ2) is 8.17. The van der Waals surface area contributed by atoms with Crippen LogP contribution in [0.15, 0.2) is 41.3 Å². The standard InChI is InChI=1S/C19H26BrN3O2S/c1-26(2,3)9-8-25-14-23-12-15(11-21-23)18-13-22(6-7-24)19-5-4-16(20)10-17(18)19/h4-5,10-13,24H,6-9,14H2,1-3H3. The molecule has 0 unspecified atom stereocenters. The molecule has 3 rings (SSSR count). The monoisotopic (exact) mass is 439 g/mol. The van der Waals surface area contributed by atoms with Crippen LogP contribution in [0.1, 0.15) is 0 Å². The summed E-state index contributed by atoms with van der Waals surface area (Å²) in [5, 5.41) is 14.9. The molecule has 0 saturated heterocycles. The first-order valence-electron chi connectivity index (χ1n) is 8.53. The quantitative estimate of drug-likeness (QED) is 0.540. The second-order valence-corrected chi connectivity index (χ2v) is 12.7. The van der Waals surface area contributed by atoms with E-state index in [1.807, 2.05) is 23.1 Å². The molecule has 2 heterocycles. The summed E-state index contributed by atoms with van der Waals surface area (Å²) in [6.07, 6.45) is 12.9. The number of aliphatic hydroxyl groups excluding tert-OH is 1. The Morgan fingerprint density at radius 3 is 2.77 bits per heavy atom. The Morgan fingerprint density at radius 1 is 1.23 bits per heavy atom. The summed E-state index contributed by atoms with van der Waals surface area (Å²) < 4.78 is 10.7. The third kappa shape index (κ3) is 4.71. The minimum Gasteiger partial charge on any atom is -0.395 e. The van der Waals surface area contributed by atoms with Crippen molar-refractivity contribution in [2.24, 2.45) is 0 Å². The number of fused-ring (bicyclic) bond motifs is 1. The highest BCUT2D eigenvalue weighted by Crippen LogP contribution is 2.34. The fourth-order valence-corrected chi connectivity index (χ4v) is 3.81. The molecule has 3 aromatic rings. The van der Waals surface area contributed by atoms with Crippen LogP contribution in [0.4, 0.5) is 0 Å². The van der Waals surface area contributed by atoms with E-state index in [1.54, 1.807) is 0 Å². The number of ether oxygens (including phenoxy) is 1. The molecule has 0 aliphatic rings. The van der Waals surface area contributed by atoms with Crippen LogP contribution in [-0.2, 0) is 18.0 Å². The maximum Gasteiger partial charge on any atom is 0.139 e. The predicted molar refractivity (Wildman–Crippen MR) is 114 cm³/mol. The molecule has 5 nitrogen and oxygen atoms in total. The molecule has 7 heteroatoms. The average molecular weight is 440 g/mol. The molecular weight excluding hydrogens is 414 g/mol. The minimum absolute atomic E-state index is 0.113. The Kier molecular flexibility index (Phi) is 6.12. The molecule has 1 N–H and O–H groups in total. The predicted octanol–water partition coefficient (Wildman–Crippen LogP) is 3.93. The Labute approximate surface area is 164 Å². The minimum atomic E-state index is -0.530. The van der Waals surface area contributed by atoms with Crippen LogP contribution in [0.2, 0.25) is 0 Å². The second-order valence-electron chi connectivity index (χ2n) is 7.22. The number of aromatic nitrogens is 3.